The van der Waals surface area contributed by atoms with E-state index in [4.69, 9.17) is 4.74 Å². The first-order valence-corrected chi connectivity index (χ1v) is 7.43. The number of hydrogen-bond donors (Lipinski definition) is 0. The highest BCUT2D eigenvalue weighted by Gasteiger charge is 2.11. The van der Waals surface area contributed by atoms with E-state index >= 15 is 0 Å². The minimum absolute atomic E-state index is 0.00424. The van der Waals surface area contributed by atoms with Gasteiger partial charge in [-0.2, -0.15) is 0 Å². The van der Waals surface area contributed by atoms with Gasteiger partial charge in [0.05, 0.1) is 13.5 Å². The Morgan fingerprint density at radius 3 is 1.95 bits per heavy atom. The maximum absolute atomic E-state index is 12.0. The first kappa shape index (κ1) is 16.0. The van der Waals surface area contributed by atoms with Crippen LogP contribution in [0.25, 0.3) is 11.1 Å². The Morgan fingerprint density at radius 1 is 0.909 bits per heavy atom. The van der Waals surface area contributed by atoms with Crippen LogP contribution in [0.1, 0.15) is 36.5 Å². The van der Waals surface area contributed by atoms with Gasteiger partial charge in [0.2, 0.25) is 0 Å². The van der Waals surface area contributed by atoms with Gasteiger partial charge in [-0.15, -0.1) is 0 Å². The molecule has 0 radical (unpaired) electrons. The van der Waals surface area contributed by atoms with E-state index in [1.165, 1.54) is 0 Å². The van der Waals surface area contributed by atoms with Crippen LogP contribution in [0.2, 0.25) is 0 Å². The van der Waals surface area contributed by atoms with E-state index in [1.54, 1.807) is 19.2 Å². The largest absolute Gasteiger partial charge is 0.497 e. The Bertz CT molecular complexity index is 639. The Kier molecular flexibility index (Phi) is 5.48. The summed E-state index contributed by atoms with van der Waals surface area (Å²) in [7, 11) is 1.63. The van der Waals surface area contributed by atoms with E-state index in [2.05, 4.69) is 0 Å². The molecule has 3 nitrogen and oxygen atoms in total. The molecule has 0 unspecified atom stereocenters. The van der Waals surface area contributed by atoms with Gasteiger partial charge in [-0.1, -0.05) is 43.3 Å². The molecule has 22 heavy (non-hydrogen) atoms. The molecule has 114 valence electrons. The second kappa shape index (κ2) is 7.55. The summed E-state index contributed by atoms with van der Waals surface area (Å²) < 4.78 is 5.14. The molecule has 0 heterocycles. The number of Topliss-reactive ketones (excluding diaryl/α,β-unsaturated/α-hetero) is 2. The molecular weight excluding hydrogens is 276 g/mol. The van der Waals surface area contributed by atoms with Crippen molar-refractivity contribution in [1.29, 1.82) is 0 Å². The second-order valence-electron chi connectivity index (χ2n) is 5.19. The van der Waals surface area contributed by atoms with Crippen molar-refractivity contribution in [3.05, 3.63) is 54.1 Å². The third-order valence-electron chi connectivity index (χ3n) is 3.52. The normalized spacial score (nSPS) is 10.3. The van der Waals surface area contributed by atoms with Crippen molar-refractivity contribution in [3.8, 4) is 16.9 Å². The monoisotopic (exact) mass is 296 g/mol. The molecule has 2 aromatic carbocycles. The smallest absolute Gasteiger partial charge is 0.170 e. The Balaban J connectivity index is 2.09. The average molecular weight is 296 g/mol. The molecule has 0 bridgehead atoms. The highest BCUT2D eigenvalue weighted by atomic mass is 16.5. The van der Waals surface area contributed by atoms with Gasteiger partial charge in [-0.05, 0) is 29.7 Å². The number of methoxy groups -OCH3 is 1. The van der Waals surface area contributed by atoms with Crippen LogP contribution in [0, 0.1) is 0 Å². The van der Waals surface area contributed by atoms with Crippen LogP contribution in [-0.2, 0) is 4.79 Å². The zero-order valence-corrected chi connectivity index (χ0v) is 13.0. The summed E-state index contributed by atoms with van der Waals surface area (Å²) in [4.78, 5) is 23.6. The molecule has 0 amide bonds. The third kappa shape index (κ3) is 4.04. The van der Waals surface area contributed by atoms with Gasteiger partial charge in [0.15, 0.2) is 5.78 Å². The first-order valence-electron chi connectivity index (χ1n) is 7.43. The zero-order valence-electron chi connectivity index (χ0n) is 13.0. The number of ketones is 2. The molecule has 0 saturated carbocycles. The number of carbonyl (C=O) groups excluding carboxylic acids is 2. The van der Waals surface area contributed by atoms with E-state index in [1.807, 2.05) is 43.3 Å². The summed E-state index contributed by atoms with van der Waals surface area (Å²) in [6.45, 7) is 1.94. The Hall–Kier alpha value is -2.42. The summed E-state index contributed by atoms with van der Waals surface area (Å²) in [5.41, 5.74) is 2.67. The summed E-state index contributed by atoms with van der Waals surface area (Å²) in [6.07, 6.45) is 1.24. The van der Waals surface area contributed by atoms with E-state index in [0.29, 0.717) is 12.0 Å². The van der Waals surface area contributed by atoms with Crippen molar-refractivity contribution in [2.75, 3.05) is 7.11 Å². The summed E-state index contributed by atoms with van der Waals surface area (Å²) in [5, 5.41) is 0. The number of carbonyl (C=O) groups is 2. The van der Waals surface area contributed by atoms with Crippen LogP contribution in [-0.4, -0.2) is 18.7 Å². The predicted molar refractivity (Wildman–Crippen MR) is 87.3 cm³/mol. The zero-order chi connectivity index (χ0) is 15.9. The minimum atomic E-state index is -0.111. The predicted octanol–water partition coefficient (Wildman–Crippen LogP) is 4.30. The fourth-order valence-corrected chi connectivity index (χ4v) is 2.28. The lowest BCUT2D eigenvalue weighted by Gasteiger charge is -2.05. The molecular formula is C19H20O3. The molecule has 0 atom stereocenters. The number of rotatable bonds is 7. The van der Waals surface area contributed by atoms with Crippen LogP contribution in [0.4, 0.5) is 0 Å². The lowest BCUT2D eigenvalue weighted by atomic mass is 10.00. The van der Waals surface area contributed by atoms with Crippen LogP contribution in [0.15, 0.2) is 48.5 Å². The molecule has 0 N–H and O–H groups in total. The molecule has 0 aliphatic heterocycles. The number of benzene rings is 2. The van der Waals surface area contributed by atoms with Crippen LogP contribution in [0.3, 0.4) is 0 Å². The van der Waals surface area contributed by atoms with Gasteiger partial charge >= 0.3 is 0 Å². The molecule has 0 aliphatic carbocycles. The lowest BCUT2D eigenvalue weighted by Crippen LogP contribution is -2.07. The van der Waals surface area contributed by atoms with Crippen molar-refractivity contribution in [2.45, 2.75) is 26.2 Å². The minimum Gasteiger partial charge on any atom is -0.497 e. The second-order valence-corrected chi connectivity index (χ2v) is 5.19. The fraction of sp³-hybridized carbons (Fsp3) is 0.263. The van der Waals surface area contributed by atoms with Crippen molar-refractivity contribution >= 4 is 11.6 Å². The van der Waals surface area contributed by atoms with Crippen LogP contribution >= 0.6 is 0 Å². The van der Waals surface area contributed by atoms with Crippen molar-refractivity contribution in [3.63, 3.8) is 0 Å². The quantitative estimate of drug-likeness (QED) is 0.565. The van der Waals surface area contributed by atoms with E-state index < -0.39 is 0 Å². The number of ether oxygens (including phenoxy) is 1. The molecule has 2 rings (SSSR count). The summed E-state index contributed by atoms with van der Waals surface area (Å²) >= 11 is 0. The van der Waals surface area contributed by atoms with Crippen molar-refractivity contribution in [1.82, 2.24) is 0 Å². The third-order valence-corrected chi connectivity index (χ3v) is 3.52. The molecule has 2 aromatic rings. The molecule has 3 heteroatoms. The highest BCUT2D eigenvalue weighted by molar-refractivity contribution is 6.08. The van der Waals surface area contributed by atoms with Crippen molar-refractivity contribution < 1.29 is 14.3 Å². The molecule has 0 aliphatic rings. The maximum atomic E-state index is 12.0. The average Bonchev–Trinajstić information content (AvgIpc) is 2.55. The summed E-state index contributed by atoms with van der Waals surface area (Å²) in [6, 6.07) is 15.1. The maximum Gasteiger partial charge on any atom is 0.170 e. The molecule has 0 aromatic heterocycles. The molecule has 0 fully saturated rings. The SMILES string of the molecule is CCCC(=O)CC(=O)c1ccc(-c2ccc(OC)cc2)cc1. The molecule has 0 saturated heterocycles. The Morgan fingerprint density at radius 2 is 1.45 bits per heavy atom. The van der Waals surface area contributed by atoms with Gasteiger partial charge in [0.1, 0.15) is 11.5 Å². The fourth-order valence-electron chi connectivity index (χ4n) is 2.28. The van der Waals surface area contributed by atoms with Gasteiger partial charge in [0, 0.05) is 12.0 Å². The van der Waals surface area contributed by atoms with E-state index in [-0.39, 0.29) is 18.0 Å². The Labute approximate surface area is 130 Å². The van der Waals surface area contributed by atoms with Crippen molar-refractivity contribution in [2.24, 2.45) is 0 Å². The van der Waals surface area contributed by atoms with Gasteiger partial charge in [0.25, 0.3) is 0 Å². The highest BCUT2D eigenvalue weighted by Crippen LogP contribution is 2.23. The van der Waals surface area contributed by atoms with E-state index in [0.717, 1.165) is 23.3 Å². The molecule has 0 spiro atoms. The van der Waals surface area contributed by atoms with E-state index in [9.17, 15) is 9.59 Å². The van der Waals surface area contributed by atoms with Gasteiger partial charge in [-0.3, -0.25) is 9.59 Å². The van der Waals surface area contributed by atoms with Gasteiger partial charge < -0.3 is 4.74 Å². The summed E-state index contributed by atoms with van der Waals surface area (Å²) in [5.74, 6) is 0.705. The standard InChI is InChI=1S/C19H20O3/c1-3-4-17(20)13-19(21)16-7-5-14(6-8-16)15-9-11-18(22-2)12-10-15/h5-12H,3-4,13H2,1-2H3. The van der Waals surface area contributed by atoms with Crippen LogP contribution < -0.4 is 4.74 Å². The lowest BCUT2D eigenvalue weighted by molar-refractivity contribution is -0.118. The van der Waals surface area contributed by atoms with Gasteiger partial charge in [-0.25, -0.2) is 0 Å². The topological polar surface area (TPSA) is 43.4 Å². The number of hydrogen-bond acceptors (Lipinski definition) is 3. The van der Waals surface area contributed by atoms with Crippen LogP contribution in [0.5, 0.6) is 5.75 Å². The first-order chi connectivity index (χ1) is 10.6.